The summed E-state index contributed by atoms with van der Waals surface area (Å²) in [4.78, 5) is 16.5. The van der Waals surface area contributed by atoms with E-state index < -0.39 is 0 Å². The van der Waals surface area contributed by atoms with Gasteiger partial charge in [0.05, 0.1) is 13.4 Å². The Balaban J connectivity index is 1.29. The van der Waals surface area contributed by atoms with E-state index >= 15 is 0 Å². The third-order valence-corrected chi connectivity index (χ3v) is 5.47. The summed E-state index contributed by atoms with van der Waals surface area (Å²) in [6.07, 6.45) is 6.28. The van der Waals surface area contributed by atoms with Gasteiger partial charge >= 0.3 is 0 Å². The Morgan fingerprint density at radius 1 is 0.971 bits per heavy atom. The molecule has 0 fully saturated rings. The number of hydrogen-bond donors (Lipinski definition) is 3. The second-order valence-corrected chi connectivity index (χ2v) is 8.03. The summed E-state index contributed by atoms with van der Waals surface area (Å²) in [5.41, 5.74) is 5.11. The lowest BCUT2D eigenvalue weighted by molar-refractivity contribution is 0.0952. The van der Waals surface area contributed by atoms with Crippen molar-refractivity contribution in [2.24, 2.45) is 0 Å². The summed E-state index contributed by atoms with van der Waals surface area (Å²) >= 11 is 0. The summed E-state index contributed by atoms with van der Waals surface area (Å²) in [5.74, 6) is 0.722. The summed E-state index contributed by atoms with van der Waals surface area (Å²) in [6.45, 7) is 5.54. The minimum Gasteiger partial charge on any atom is -0.497 e. The number of methoxy groups -OCH3 is 1. The molecule has 4 aromatic rings. The van der Waals surface area contributed by atoms with Gasteiger partial charge in [0.25, 0.3) is 5.91 Å². The van der Waals surface area contributed by atoms with Gasteiger partial charge in [0.15, 0.2) is 0 Å². The lowest BCUT2D eigenvalue weighted by Gasteiger charge is -2.12. The van der Waals surface area contributed by atoms with Crippen LogP contribution in [0.25, 0.3) is 5.70 Å². The van der Waals surface area contributed by atoms with Gasteiger partial charge in [-0.2, -0.15) is 0 Å². The molecule has 1 heterocycles. The normalized spacial score (nSPS) is 10.4. The molecular weight excluding hydrogens is 438 g/mol. The number of imidazole rings is 1. The van der Waals surface area contributed by atoms with E-state index in [2.05, 4.69) is 27.5 Å². The molecule has 0 radical (unpaired) electrons. The topological polar surface area (TPSA) is 80.2 Å². The molecule has 35 heavy (non-hydrogen) atoms. The van der Waals surface area contributed by atoms with Gasteiger partial charge in [-0.25, -0.2) is 4.98 Å². The van der Waals surface area contributed by atoms with Gasteiger partial charge in [-0.15, -0.1) is 0 Å². The van der Waals surface area contributed by atoms with Crippen molar-refractivity contribution in [1.29, 1.82) is 0 Å². The quantitative estimate of drug-likeness (QED) is 0.253. The number of carbonyl (C=O) groups is 1. The molecule has 0 bridgehead atoms. The van der Waals surface area contributed by atoms with Crippen LogP contribution >= 0.6 is 0 Å². The SMILES string of the molecule is C=C(Nc1ccc(Nc2cccc(C(=O)NCCCn3ccnc3)c2)cc1)c1ccc(OC)cc1. The zero-order chi connectivity index (χ0) is 24.5. The van der Waals surface area contributed by atoms with Gasteiger partial charge in [-0.3, -0.25) is 4.79 Å². The van der Waals surface area contributed by atoms with Crippen molar-refractivity contribution < 1.29 is 9.53 Å². The molecule has 0 saturated carbocycles. The smallest absolute Gasteiger partial charge is 0.251 e. The van der Waals surface area contributed by atoms with Crippen molar-refractivity contribution in [2.75, 3.05) is 24.3 Å². The molecule has 4 rings (SSSR count). The van der Waals surface area contributed by atoms with Gasteiger partial charge < -0.3 is 25.3 Å². The van der Waals surface area contributed by atoms with Crippen LogP contribution in [0.15, 0.2) is 98.1 Å². The van der Waals surface area contributed by atoms with Crippen LogP contribution in [-0.4, -0.2) is 29.1 Å². The predicted molar refractivity (Wildman–Crippen MR) is 141 cm³/mol. The fourth-order valence-electron chi connectivity index (χ4n) is 3.56. The van der Waals surface area contributed by atoms with Gasteiger partial charge in [-0.05, 0) is 78.7 Å². The first-order chi connectivity index (χ1) is 17.1. The molecule has 0 unspecified atom stereocenters. The largest absolute Gasteiger partial charge is 0.497 e. The molecule has 3 N–H and O–H groups in total. The molecule has 7 nitrogen and oxygen atoms in total. The highest BCUT2D eigenvalue weighted by molar-refractivity contribution is 5.95. The van der Waals surface area contributed by atoms with E-state index in [1.807, 2.05) is 83.6 Å². The van der Waals surface area contributed by atoms with Crippen molar-refractivity contribution in [2.45, 2.75) is 13.0 Å². The Kier molecular flexibility index (Phi) is 7.81. The van der Waals surface area contributed by atoms with E-state index in [1.165, 1.54) is 0 Å². The fourth-order valence-corrected chi connectivity index (χ4v) is 3.56. The Morgan fingerprint density at radius 3 is 2.46 bits per heavy atom. The van der Waals surface area contributed by atoms with Crippen LogP contribution in [-0.2, 0) is 6.54 Å². The first kappa shape index (κ1) is 23.6. The highest BCUT2D eigenvalue weighted by Crippen LogP contribution is 2.23. The average Bonchev–Trinajstić information content (AvgIpc) is 3.41. The Labute approximate surface area is 205 Å². The number of ether oxygens (including phenoxy) is 1. The fraction of sp³-hybridized carbons (Fsp3) is 0.143. The maximum absolute atomic E-state index is 12.5. The van der Waals surface area contributed by atoms with E-state index in [0.29, 0.717) is 12.1 Å². The van der Waals surface area contributed by atoms with Crippen LogP contribution < -0.4 is 20.7 Å². The molecule has 7 heteroatoms. The maximum Gasteiger partial charge on any atom is 0.251 e. The van der Waals surface area contributed by atoms with Crippen LogP contribution in [0.4, 0.5) is 17.1 Å². The summed E-state index contributed by atoms with van der Waals surface area (Å²) in [6, 6.07) is 23.1. The number of nitrogens with zero attached hydrogens (tertiary/aromatic N) is 2. The standard InChI is InChI=1S/C28H29N5O2/c1-21(22-7-13-27(35-2)14-8-22)31-24-9-11-25(12-10-24)32-26-6-3-5-23(19-26)28(34)30-15-4-17-33-18-16-29-20-33/h3,5-14,16,18-20,31-32H,1,4,15,17H2,2H3,(H,30,34). The average molecular weight is 468 g/mol. The zero-order valence-corrected chi connectivity index (χ0v) is 19.7. The zero-order valence-electron chi connectivity index (χ0n) is 19.7. The molecule has 1 amide bonds. The minimum absolute atomic E-state index is 0.0872. The van der Waals surface area contributed by atoms with Crippen molar-refractivity contribution in [3.63, 3.8) is 0 Å². The molecule has 178 valence electrons. The number of amides is 1. The number of hydrogen-bond acceptors (Lipinski definition) is 5. The van der Waals surface area contributed by atoms with Gasteiger partial charge in [0.1, 0.15) is 5.75 Å². The lowest BCUT2D eigenvalue weighted by Crippen LogP contribution is -2.25. The molecule has 0 atom stereocenters. The molecule has 1 aromatic heterocycles. The van der Waals surface area contributed by atoms with Crippen molar-refractivity contribution in [3.8, 4) is 5.75 Å². The maximum atomic E-state index is 12.5. The van der Waals surface area contributed by atoms with Crippen LogP contribution in [0, 0.1) is 0 Å². The minimum atomic E-state index is -0.0872. The summed E-state index contributed by atoms with van der Waals surface area (Å²) < 4.78 is 7.19. The summed E-state index contributed by atoms with van der Waals surface area (Å²) in [5, 5.41) is 9.65. The van der Waals surface area contributed by atoms with Gasteiger partial charge in [0, 0.05) is 53.8 Å². The Hall–Kier alpha value is -4.52. The highest BCUT2D eigenvalue weighted by atomic mass is 16.5. The molecule has 0 aliphatic heterocycles. The van der Waals surface area contributed by atoms with E-state index in [-0.39, 0.29) is 5.91 Å². The van der Waals surface area contributed by atoms with E-state index in [4.69, 9.17) is 4.74 Å². The number of rotatable bonds is 11. The van der Waals surface area contributed by atoms with Crippen LogP contribution in [0.5, 0.6) is 5.75 Å². The van der Waals surface area contributed by atoms with Crippen molar-refractivity contribution >= 4 is 28.7 Å². The van der Waals surface area contributed by atoms with E-state index in [0.717, 1.165) is 47.0 Å². The van der Waals surface area contributed by atoms with E-state index in [9.17, 15) is 4.79 Å². The van der Waals surface area contributed by atoms with Crippen LogP contribution in [0.3, 0.4) is 0 Å². The predicted octanol–water partition coefficient (Wildman–Crippen LogP) is 5.54. The first-order valence-electron chi connectivity index (χ1n) is 11.4. The number of carbonyl (C=O) groups excluding carboxylic acids is 1. The number of aryl methyl sites for hydroxylation is 1. The number of aromatic nitrogens is 2. The first-order valence-corrected chi connectivity index (χ1v) is 11.4. The molecule has 0 spiro atoms. The van der Waals surface area contributed by atoms with Crippen molar-refractivity contribution in [1.82, 2.24) is 14.9 Å². The van der Waals surface area contributed by atoms with Crippen molar-refractivity contribution in [3.05, 3.63) is 109 Å². The number of nitrogens with one attached hydrogen (secondary N) is 3. The van der Waals surface area contributed by atoms with Gasteiger partial charge in [-0.1, -0.05) is 12.6 Å². The van der Waals surface area contributed by atoms with E-state index in [1.54, 1.807) is 19.6 Å². The van der Waals surface area contributed by atoms with Gasteiger partial charge in [0.2, 0.25) is 0 Å². The molecule has 0 aliphatic carbocycles. The lowest BCUT2D eigenvalue weighted by atomic mass is 10.1. The highest BCUT2D eigenvalue weighted by Gasteiger charge is 2.06. The molecule has 0 saturated heterocycles. The molecule has 0 aliphatic rings. The molecule has 3 aromatic carbocycles. The number of benzene rings is 3. The molecular formula is C28H29N5O2. The second kappa shape index (κ2) is 11.6. The Bertz CT molecular complexity index is 1250. The number of anilines is 3. The monoisotopic (exact) mass is 467 g/mol. The second-order valence-electron chi connectivity index (χ2n) is 8.03. The van der Waals surface area contributed by atoms with Crippen LogP contribution in [0.2, 0.25) is 0 Å². The third kappa shape index (κ3) is 6.74. The summed E-state index contributed by atoms with van der Waals surface area (Å²) in [7, 11) is 1.65. The Morgan fingerprint density at radius 2 is 1.74 bits per heavy atom. The van der Waals surface area contributed by atoms with Crippen LogP contribution in [0.1, 0.15) is 22.3 Å². The third-order valence-electron chi connectivity index (χ3n) is 5.47.